The average Bonchev–Trinajstić information content (AvgIpc) is 2.50. The molecule has 1 amide bonds. The molecular formula is C19H32N2O5. The van der Waals surface area contributed by atoms with Gasteiger partial charge >= 0.3 is 11.9 Å². The molecule has 2 N–H and O–H groups in total. The maximum atomic E-state index is 12.6. The van der Waals surface area contributed by atoms with E-state index in [2.05, 4.69) is 51.5 Å². The Morgan fingerprint density at radius 3 is 2.27 bits per heavy atom. The standard InChI is InChI=1S/C19H32N2O5/c1-7-16(24)26-9-8-13(10-15(22)23)17(25)20-14-11-18(2,3)21(6)19(4,5)12-14/h7,13-14H,1,8-12H2,2-6H3,(H,20,25)(H,22,23). The molecule has 0 saturated carbocycles. The minimum atomic E-state index is -1.05. The predicted molar refractivity (Wildman–Crippen MR) is 98.6 cm³/mol. The highest BCUT2D eigenvalue weighted by molar-refractivity contribution is 5.83. The van der Waals surface area contributed by atoms with Crippen molar-refractivity contribution in [3.8, 4) is 0 Å². The fourth-order valence-corrected chi connectivity index (χ4v) is 3.69. The summed E-state index contributed by atoms with van der Waals surface area (Å²) in [7, 11) is 2.08. The molecule has 0 bridgehead atoms. The summed E-state index contributed by atoms with van der Waals surface area (Å²) in [6.45, 7) is 11.8. The number of likely N-dealkylation sites (tertiary alicyclic amines) is 1. The van der Waals surface area contributed by atoms with E-state index in [1.165, 1.54) is 0 Å². The van der Waals surface area contributed by atoms with E-state index in [1.807, 2.05) is 0 Å². The number of hydrogen-bond acceptors (Lipinski definition) is 5. The molecule has 0 aromatic heterocycles. The first-order valence-electron chi connectivity index (χ1n) is 8.94. The van der Waals surface area contributed by atoms with Crippen molar-refractivity contribution < 1.29 is 24.2 Å². The normalized spacial score (nSPS) is 20.8. The Morgan fingerprint density at radius 1 is 1.27 bits per heavy atom. The SMILES string of the molecule is C=CC(=O)OCCC(CC(=O)O)C(=O)NC1CC(C)(C)N(C)C(C)(C)C1. The van der Waals surface area contributed by atoms with Gasteiger partial charge in [-0.15, -0.1) is 0 Å². The van der Waals surface area contributed by atoms with Gasteiger partial charge in [-0.25, -0.2) is 4.79 Å². The Labute approximate surface area is 155 Å². The van der Waals surface area contributed by atoms with E-state index in [9.17, 15) is 14.4 Å². The van der Waals surface area contributed by atoms with E-state index in [-0.39, 0.29) is 42.5 Å². The number of amides is 1. The molecule has 1 aliphatic rings. The van der Waals surface area contributed by atoms with Gasteiger partial charge in [0.1, 0.15) is 0 Å². The Kier molecular flexibility index (Phi) is 7.38. The van der Waals surface area contributed by atoms with Gasteiger partial charge in [0.05, 0.1) is 18.9 Å². The molecule has 0 spiro atoms. The summed E-state index contributed by atoms with van der Waals surface area (Å²) in [6.07, 6.45) is 2.47. The molecule has 0 aliphatic carbocycles. The molecule has 26 heavy (non-hydrogen) atoms. The molecule has 7 heteroatoms. The van der Waals surface area contributed by atoms with Crippen LogP contribution >= 0.6 is 0 Å². The van der Waals surface area contributed by atoms with Gasteiger partial charge in [0.25, 0.3) is 0 Å². The number of nitrogens with one attached hydrogen (secondary N) is 1. The van der Waals surface area contributed by atoms with Crippen molar-refractivity contribution in [1.82, 2.24) is 10.2 Å². The fourth-order valence-electron chi connectivity index (χ4n) is 3.69. The highest BCUT2D eigenvalue weighted by Crippen LogP contribution is 2.36. The Hall–Kier alpha value is -1.89. The minimum absolute atomic E-state index is 0.0133. The number of rotatable bonds is 8. The van der Waals surface area contributed by atoms with E-state index in [1.54, 1.807) is 0 Å². The zero-order valence-corrected chi connectivity index (χ0v) is 16.5. The first kappa shape index (κ1) is 22.2. The fraction of sp³-hybridized carbons (Fsp3) is 0.737. The molecule has 1 atom stereocenters. The molecule has 0 radical (unpaired) electrons. The van der Waals surface area contributed by atoms with Crippen molar-refractivity contribution in [3.63, 3.8) is 0 Å². The Balaban J connectivity index is 2.74. The third kappa shape index (κ3) is 6.12. The first-order chi connectivity index (χ1) is 11.9. The van der Waals surface area contributed by atoms with E-state index in [4.69, 9.17) is 9.84 Å². The van der Waals surface area contributed by atoms with Crippen LogP contribution in [0.5, 0.6) is 0 Å². The van der Waals surface area contributed by atoms with Gasteiger partial charge < -0.3 is 15.2 Å². The van der Waals surface area contributed by atoms with E-state index in [0.717, 1.165) is 18.9 Å². The van der Waals surface area contributed by atoms with Crippen LogP contribution in [0.4, 0.5) is 0 Å². The van der Waals surface area contributed by atoms with E-state index in [0.29, 0.717) is 0 Å². The van der Waals surface area contributed by atoms with Crippen molar-refractivity contribution in [3.05, 3.63) is 12.7 Å². The van der Waals surface area contributed by atoms with Gasteiger partial charge in [-0.05, 0) is 54.0 Å². The van der Waals surface area contributed by atoms with Crippen LogP contribution in [0.2, 0.25) is 0 Å². The minimum Gasteiger partial charge on any atom is -0.481 e. The molecule has 1 saturated heterocycles. The van der Waals surface area contributed by atoms with Crippen molar-refractivity contribution in [1.29, 1.82) is 0 Å². The van der Waals surface area contributed by atoms with E-state index < -0.39 is 17.9 Å². The second-order valence-corrected chi connectivity index (χ2v) is 8.25. The molecule has 1 heterocycles. The number of aliphatic carboxylic acids is 1. The highest BCUT2D eigenvalue weighted by Gasteiger charge is 2.43. The van der Waals surface area contributed by atoms with Gasteiger partial charge in [-0.2, -0.15) is 0 Å². The lowest BCUT2D eigenvalue weighted by Gasteiger charge is -2.53. The van der Waals surface area contributed by atoms with Crippen LogP contribution in [0, 0.1) is 5.92 Å². The molecular weight excluding hydrogens is 336 g/mol. The Morgan fingerprint density at radius 2 is 1.81 bits per heavy atom. The largest absolute Gasteiger partial charge is 0.481 e. The molecule has 1 fully saturated rings. The number of carboxylic acid groups (broad SMARTS) is 1. The number of esters is 1. The molecule has 1 rings (SSSR count). The van der Waals surface area contributed by atoms with Crippen LogP contribution in [-0.2, 0) is 19.1 Å². The summed E-state index contributed by atoms with van der Waals surface area (Å²) in [6, 6.07) is -0.0317. The molecule has 7 nitrogen and oxygen atoms in total. The zero-order chi connectivity index (χ0) is 20.1. The van der Waals surface area contributed by atoms with Gasteiger partial charge in [-0.1, -0.05) is 6.58 Å². The summed E-state index contributed by atoms with van der Waals surface area (Å²) in [5, 5.41) is 12.1. The number of carboxylic acids is 1. The quantitative estimate of drug-likeness (QED) is 0.502. The van der Waals surface area contributed by atoms with Crippen LogP contribution in [0.25, 0.3) is 0 Å². The van der Waals surface area contributed by atoms with Crippen LogP contribution < -0.4 is 5.32 Å². The van der Waals surface area contributed by atoms with Crippen molar-refractivity contribution in [2.24, 2.45) is 5.92 Å². The van der Waals surface area contributed by atoms with Crippen molar-refractivity contribution in [2.45, 2.75) is 70.5 Å². The van der Waals surface area contributed by atoms with Crippen molar-refractivity contribution in [2.75, 3.05) is 13.7 Å². The molecule has 0 aromatic carbocycles. The maximum absolute atomic E-state index is 12.6. The average molecular weight is 368 g/mol. The van der Waals surface area contributed by atoms with Crippen molar-refractivity contribution >= 4 is 17.8 Å². The second-order valence-electron chi connectivity index (χ2n) is 8.25. The van der Waals surface area contributed by atoms with Crippen LogP contribution in [-0.4, -0.2) is 58.6 Å². The second kappa shape index (κ2) is 8.66. The number of nitrogens with zero attached hydrogens (tertiary/aromatic N) is 1. The Bertz CT molecular complexity index is 538. The first-order valence-corrected chi connectivity index (χ1v) is 8.94. The number of piperidine rings is 1. The molecule has 0 aromatic rings. The van der Waals surface area contributed by atoms with Crippen LogP contribution in [0.3, 0.4) is 0 Å². The smallest absolute Gasteiger partial charge is 0.330 e. The number of ether oxygens (including phenoxy) is 1. The lowest BCUT2D eigenvalue weighted by atomic mass is 9.77. The summed E-state index contributed by atoms with van der Waals surface area (Å²) in [5.74, 6) is -2.68. The van der Waals surface area contributed by atoms with Gasteiger partial charge in [-0.3, -0.25) is 14.5 Å². The zero-order valence-electron chi connectivity index (χ0n) is 16.5. The molecule has 148 valence electrons. The number of hydrogen-bond donors (Lipinski definition) is 2. The van der Waals surface area contributed by atoms with Gasteiger partial charge in [0, 0.05) is 23.2 Å². The summed E-state index contributed by atoms with van der Waals surface area (Å²) in [4.78, 5) is 37.2. The topological polar surface area (TPSA) is 95.9 Å². The lowest BCUT2D eigenvalue weighted by molar-refractivity contribution is -0.143. The van der Waals surface area contributed by atoms with Gasteiger partial charge in [0.15, 0.2) is 0 Å². The molecule has 1 unspecified atom stereocenters. The lowest BCUT2D eigenvalue weighted by Crippen LogP contribution is -2.63. The van der Waals surface area contributed by atoms with Gasteiger partial charge in [0.2, 0.25) is 5.91 Å². The number of carbonyl (C=O) groups excluding carboxylic acids is 2. The molecule has 1 aliphatic heterocycles. The van der Waals surface area contributed by atoms with Crippen LogP contribution in [0.15, 0.2) is 12.7 Å². The monoisotopic (exact) mass is 368 g/mol. The van der Waals surface area contributed by atoms with E-state index >= 15 is 0 Å². The predicted octanol–water partition coefficient (Wildman–Crippen LogP) is 1.96. The summed E-state index contributed by atoms with van der Waals surface area (Å²) < 4.78 is 4.89. The number of carbonyl (C=O) groups is 3. The summed E-state index contributed by atoms with van der Waals surface area (Å²) >= 11 is 0. The maximum Gasteiger partial charge on any atom is 0.330 e. The summed E-state index contributed by atoms with van der Waals surface area (Å²) in [5.41, 5.74) is -0.164. The third-order valence-electron chi connectivity index (χ3n) is 5.32. The third-order valence-corrected chi connectivity index (χ3v) is 5.32. The van der Waals surface area contributed by atoms with Crippen LogP contribution in [0.1, 0.15) is 53.4 Å². The highest BCUT2D eigenvalue weighted by atomic mass is 16.5.